The Kier molecular flexibility index (Phi) is 6.90. The minimum absolute atomic E-state index is 0.113. The molecule has 0 bridgehead atoms. The van der Waals surface area contributed by atoms with Crippen LogP contribution in [0.3, 0.4) is 0 Å². The van der Waals surface area contributed by atoms with Crippen molar-refractivity contribution in [1.29, 1.82) is 5.26 Å². The normalized spacial score (nSPS) is 13.6. The molecule has 0 heterocycles. The Bertz CT molecular complexity index is 173. The summed E-state index contributed by atoms with van der Waals surface area (Å²) in [5.74, 6) is 0.164. The first kappa shape index (κ1) is 15.9. The predicted octanol–water partition coefficient (Wildman–Crippen LogP) is 4.63. The summed E-state index contributed by atoms with van der Waals surface area (Å²) in [5, 5.41) is 8.97. The van der Waals surface area contributed by atoms with Gasteiger partial charge in [-0.05, 0) is 17.3 Å². The van der Waals surface area contributed by atoms with Gasteiger partial charge in [0.25, 0.3) is 0 Å². The smallest absolute Gasteiger partial charge is 0.0661 e. The van der Waals surface area contributed by atoms with Crippen molar-refractivity contribution in [3.63, 3.8) is 0 Å². The van der Waals surface area contributed by atoms with Crippen LogP contribution in [-0.4, -0.2) is 0 Å². The average Bonchev–Trinajstić information content (AvgIpc) is 2.00. The van der Waals surface area contributed by atoms with Crippen LogP contribution in [0.5, 0.6) is 0 Å². The molecule has 0 radical (unpaired) electrons. The maximum atomic E-state index is 8.97. The van der Waals surface area contributed by atoms with Gasteiger partial charge in [-0.2, -0.15) is 5.26 Å². The van der Waals surface area contributed by atoms with Crippen LogP contribution in [0.2, 0.25) is 0 Å². The summed E-state index contributed by atoms with van der Waals surface area (Å²) in [5.41, 5.74) is 0.371. The molecule has 1 unspecified atom stereocenters. The van der Waals surface area contributed by atoms with Crippen LogP contribution in [0.25, 0.3) is 0 Å². The van der Waals surface area contributed by atoms with Crippen LogP contribution < -0.4 is 0 Å². The monoisotopic (exact) mass is 197 g/mol. The summed E-state index contributed by atoms with van der Waals surface area (Å²) >= 11 is 0. The standard InChI is InChI=1S/C11H21N.C2H6/c1-10(2,3)7-9(8-12)11(4,5)6;1-2/h9H,7H2,1-6H3;1-2H3. The maximum absolute atomic E-state index is 8.97. The maximum Gasteiger partial charge on any atom is 0.0661 e. The molecule has 0 aliphatic carbocycles. The third-order valence-corrected chi connectivity index (χ3v) is 2.02. The highest BCUT2D eigenvalue weighted by Crippen LogP contribution is 2.35. The molecular formula is C13H27N. The molecule has 0 aliphatic heterocycles. The average molecular weight is 197 g/mol. The number of rotatable bonds is 1. The molecule has 1 nitrogen and oxygen atoms in total. The third kappa shape index (κ3) is 8.10. The van der Waals surface area contributed by atoms with Gasteiger partial charge in [0, 0.05) is 0 Å². The fourth-order valence-corrected chi connectivity index (χ4v) is 1.16. The van der Waals surface area contributed by atoms with Gasteiger partial charge in [-0.1, -0.05) is 55.4 Å². The molecule has 0 rings (SSSR count). The van der Waals surface area contributed by atoms with Crippen LogP contribution in [-0.2, 0) is 0 Å². The molecule has 0 saturated carbocycles. The lowest BCUT2D eigenvalue weighted by Crippen LogP contribution is -2.24. The molecule has 1 heteroatoms. The highest BCUT2D eigenvalue weighted by molar-refractivity contribution is 4.93. The molecule has 84 valence electrons. The van der Waals surface area contributed by atoms with E-state index in [1.807, 2.05) is 13.8 Å². The lowest BCUT2D eigenvalue weighted by molar-refractivity contribution is 0.213. The van der Waals surface area contributed by atoms with E-state index in [0.29, 0.717) is 0 Å². The molecule has 0 aromatic carbocycles. The van der Waals surface area contributed by atoms with Crippen molar-refractivity contribution < 1.29 is 0 Å². The van der Waals surface area contributed by atoms with Crippen molar-refractivity contribution in [2.24, 2.45) is 16.7 Å². The summed E-state index contributed by atoms with van der Waals surface area (Å²) in [7, 11) is 0. The quantitative estimate of drug-likeness (QED) is 0.601. The Morgan fingerprint density at radius 3 is 1.43 bits per heavy atom. The van der Waals surface area contributed by atoms with Gasteiger partial charge in [0.15, 0.2) is 0 Å². The van der Waals surface area contributed by atoms with Crippen molar-refractivity contribution in [3.8, 4) is 6.07 Å². The molecular weight excluding hydrogens is 170 g/mol. The minimum Gasteiger partial charge on any atom is -0.198 e. The number of hydrogen-bond acceptors (Lipinski definition) is 1. The zero-order chi connectivity index (χ0) is 12.0. The van der Waals surface area contributed by atoms with E-state index in [9.17, 15) is 0 Å². The van der Waals surface area contributed by atoms with Gasteiger partial charge >= 0.3 is 0 Å². The van der Waals surface area contributed by atoms with Crippen LogP contribution in [0.4, 0.5) is 0 Å². The first-order valence-electron chi connectivity index (χ1n) is 5.56. The van der Waals surface area contributed by atoms with E-state index in [-0.39, 0.29) is 16.7 Å². The van der Waals surface area contributed by atoms with E-state index >= 15 is 0 Å². The highest BCUT2D eigenvalue weighted by Gasteiger charge is 2.28. The van der Waals surface area contributed by atoms with Gasteiger partial charge < -0.3 is 0 Å². The third-order valence-electron chi connectivity index (χ3n) is 2.02. The van der Waals surface area contributed by atoms with E-state index in [4.69, 9.17) is 5.26 Å². The van der Waals surface area contributed by atoms with E-state index < -0.39 is 0 Å². The highest BCUT2D eigenvalue weighted by atomic mass is 14.4. The van der Waals surface area contributed by atoms with Crippen LogP contribution in [0.1, 0.15) is 61.8 Å². The van der Waals surface area contributed by atoms with E-state index in [1.165, 1.54) is 0 Å². The molecule has 0 amide bonds. The topological polar surface area (TPSA) is 23.8 Å². The first-order valence-corrected chi connectivity index (χ1v) is 5.56. The molecule has 1 atom stereocenters. The number of hydrogen-bond donors (Lipinski definition) is 0. The van der Waals surface area contributed by atoms with Crippen molar-refractivity contribution in [1.82, 2.24) is 0 Å². The van der Waals surface area contributed by atoms with Gasteiger partial charge in [0.05, 0.1) is 12.0 Å². The Morgan fingerprint density at radius 1 is 1.00 bits per heavy atom. The second kappa shape index (κ2) is 6.06. The fraction of sp³-hybridized carbons (Fsp3) is 0.923. The lowest BCUT2D eigenvalue weighted by atomic mass is 9.73. The van der Waals surface area contributed by atoms with Crippen molar-refractivity contribution in [2.45, 2.75) is 61.8 Å². The van der Waals surface area contributed by atoms with Gasteiger partial charge in [-0.15, -0.1) is 0 Å². The van der Waals surface area contributed by atoms with E-state index in [1.54, 1.807) is 0 Å². The lowest BCUT2D eigenvalue weighted by Gasteiger charge is -2.30. The molecule has 0 fully saturated rings. The van der Waals surface area contributed by atoms with Crippen molar-refractivity contribution in [3.05, 3.63) is 0 Å². The summed E-state index contributed by atoms with van der Waals surface area (Å²) in [4.78, 5) is 0. The second-order valence-corrected chi connectivity index (χ2v) is 5.81. The van der Waals surface area contributed by atoms with E-state index in [0.717, 1.165) is 6.42 Å². The Hall–Kier alpha value is -0.510. The predicted molar refractivity (Wildman–Crippen MR) is 64.0 cm³/mol. The SMILES string of the molecule is CC.CC(C)(C)CC(C#N)C(C)(C)C. The molecule has 0 aliphatic rings. The molecule has 0 aromatic rings. The van der Waals surface area contributed by atoms with E-state index in [2.05, 4.69) is 47.6 Å². The van der Waals surface area contributed by atoms with Crippen molar-refractivity contribution >= 4 is 0 Å². The summed E-state index contributed by atoms with van der Waals surface area (Å²) in [6.45, 7) is 16.9. The summed E-state index contributed by atoms with van der Waals surface area (Å²) in [6.07, 6.45) is 0.979. The summed E-state index contributed by atoms with van der Waals surface area (Å²) in [6, 6.07) is 2.40. The number of nitrogens with zero attached hydrogens (tertiary/aromatic N) is 1. The number of nitriles is 1. The zero-order valence-corrected chi connectivity index (χ0v) is 11.2. The molecule has 0 saturated heterocycles. The second-order valence-electron chi connectivity index (χ2n) is 5.81. The Balaban J connectivity index is 0. The Labute approximate surface area is 90.5 Å². The van der Waals surface area contributed by atoms with Crippen LogP contribution >= 0.6 is 0 Å². The zero-order valence-electron chi connectivity index (χ0n) is 11.2. The fourth-order valence-electron chi connectivity index (χ4n) is 1.16. The van der Waals surface area contributed by atoms with Gasteiger partial charge in [-0.25, -0.2) is 0 Å². The van der Waals surface area contributed by atoms with Crippen LogP contribution in [0.15, 0.2) is 0 Å². The van der Waals surface area contributed by atoms with Gasteiger partial charge in [-0.3, -0.25) is 0 Å². The van der Waals surface area contributed by atoms with Gasteiger partial charge in [0.2, 0.25) is 0 Å². The first-order chi connectivity index (χ1) is 6.17. The molecule has 0 aromatic heterocycles. The van der Waals surface area contributed by atoms with Crippen LogP contribution in [0, 0.1) is 28.1 Å². The van der Waals surface area contributed by atoms with Gasteiger partial charge in [0.1, 0.15) is 0 Å². The molecule has 0 spiro atoms. The molecule has 14 heavy (non-hydrogen) atoms. The largest absolute Gasteiger partial charge is 0.198 e. The van der Waals surface area contributed by atoms with Crippen molar-refractivity contribution in [2.75, 3.05) is 0 Å². The minimum atomic E-state index is 0.113. The summed E-state index contributed by atoms with van der Waals surface area (Å²) < 4.78 is 0. The Morgan fingerprint density at radius 2 is 1.36 bits per heavy atom. The molecule has 0 N–H and O–H groups in total.